The van der Waals surface area contributed by atoms with Gasteiger partial charge >= 0.3 is 0 Å². The van der Waals surface area contributed by atoms with E-state index in [4.69, 9.17) is 4.74 Å². The minimum absolute atomic E-state index is 0.151. The largest absolute Gasteiger partial charge is 0.491 e. The van der Waals surface area contributed by atoms with E-state index in [2.05, 4.69) is 0 Å². The topological polar surface area (TPSA) is 43.4 Å². The quantitative estimate of drug-likeness (QED) is 0.421. The molecule has 0 saturated heterocycles. The SMILES string of the molecule is CCC(C)Oc1ccc(C(=O)C=O)cc1. The van der Waals surface area contributed by atoms with Gasteiger partial charge in [-0.3, -0.25) is 9.59 Å². The number of Topliss-reactive ketones (excluding diaryl/α,β-unsaturated/α-hetero) is 1. The van der Waals surface area contributed by atoms with Crippen molar-refractivity contribution >= 4 is 12.1 Å². The molecule has 1 aromatic rings. The van der Waals surface area contributed by atoms with Crippen molar-refractivity contribution in [3.05, 3.63) is 29.8 Å². The van der Waals surface area contributed by atoms with Crippen molar-refractivity contribution in [3.8, 4) is 5.75 Å². The third-order valence-corrected chi connectivity index (χ3v) is 2.16. The summed E-state index contributed by atoms with van der Waals surface area (Å²) in [4.78, 5) is 21.2. The minimum Gasteiger partial charge on any atom is -0.491 e. The number of carbonyl (C=O) groups is 2. The van der Waals surface area contributed by atoms with Crippen LogP contribution < -0.4 is 4.74 Å². The maximum Gasteiger partial charge on any atom is 0.225 e. The summed E-state index contributed by atoms with van der Waals surface area (Å²) in [5, 5.41) is 0. The maximum absolute atomic E-state index is 11.0. The van der Waals surface area contributed by atoms with Gasteiger partial charge in [-0.05, 0) is 37.6 Å². The molecule has 0 bridgehead atoms. The van der Waals surface area contributed by atoms with Crippen LogP contribution in [0.3, 0.4) is 0 Å². The lowest BCUT2D eigenvalue weighted by molar-refractivity contribution is -0.104. The third-order valence-electron chi connectivity index (χ3n) is 2.16. The molecule has 0 aliphatic carbocycles. The Kier molecular flexibility index (Phi) is 4.03. The summed E-state index contributed by atoms with van der Waals surface area (Å²) in [5.41, 5.74) is 0.390. The van der Waals surface area contributed by atoms with Crippen molar-refractivity contribution in [2.24, 2.45) is 0 Å². The summed E-state index contributed by atoms with van der Waals surface area (Å²) in [6.07, 6.45) is 1.39. The number of benzene rings is 1. The number of ether oxygens (including phenoxy) is 1. The van der Waals surface area contributed by atoms with Gasteiger partial charge in [-0.2, -0.15) is 0 Å². The van der Waals surface area contributed by atoms with Gasteiger partial charge in [0.05, 0.1) is 6.10 Å². The Morgan fingerprint density at radius 1 is 1.40 bits per heavy atom. The van der Waals surface area contributed by atoms with E-state index >= 15 is 0 Å². The number of rotatable bonds is 5. The summed E-state index contributed by atoms with van der Waals surface area (Å²) in [7, 11) is 0. The lowest BCUT2D eigenvalue weighted by Crippen LogP contribution is -2.09. The van der Waals surface area contributed by atoms with Gasteiger partial charge in [0.2, 0.25) is 5.78 Å². The van der Waals surface area contributed by atoms with Gasteiger partial charge in [0, 0.05) is 5.56 Å². The second kappa shape index (κ2) is 5.29. The first-order chi connectivity index (χ1) is 7.17. The highest BCUT2D eigenvalue weighted by molar-refractivity contribution is 6.33. The Bertz CT molecular complexity index is 340. The maximum atomic E-state index is 11.0. The Morgan fingerprint density at radius 3 is 2.47 bits per heavy atom. The molecule has 3 heteroatoms. The second-order valence-electron chi connectivity index (χ2n) is 3.34. The van der Waals surface area contributed by atoms with Crippen LogP contribution in [0.25, 0.3) is 0 Å². The van der Waals surface area contributed by atoms with Crippen LogP contribution in [0.4, 0.5) is 0 Å². The van der Waals surface area contributed by atoms with E-state index in [1.54, 1.807) is 24.3 Å². The van der Waals surface area contributed by atoms with Crippen molar-refractivity contribution in [3.63, 3.8) is 0 Å². The molecule has 0 radical (unpaired) electrons. The van der Waals surface area contributed by atoms with Crippen LogP contribution in [0, 0.1) is 0 Å². The highest BCUT2D eigenvalue weighted by atomic mass is 16.5. The molecule has 1 atom stereocenters. The molecule has 0 fully saturated rings. The first kappa shape index (κ1) is 11.4. The molecule has 0 spiro atoms. The standard InChI is InChI=1S/C12H14O3/c1-3-9(2)15-11-6-4-10(5-7-11)12(14)8-13/h4-9H,3H2,1-2H3. The smallest absolute Gasteiger partial charge is 0.225 e. The molecule has 3 nitrogen and oxygen atoms in total. The molecular formula is C12H14O3. The predicted molar refractivity (Wildman–Crippen MR) is 57.2 cm³/mol. The molecule has 0 amide bonds. The summed E-state index contributed by atoms with van der Waals surface area (Å²) in [6, 6.07) is 6.58. The van der Waals surface area contributed by atoms with Gasteiger partial charge in [0.1, 0.15) is 5.75 Å². The highest BCUT2D eigenvalue weighted by Crippen LogP contribution is 2.14. The van der Waals surface area contributed by atoms with Crippen molar-refractivity contribution in [2.75, 3.05) is 0 Å². The Labute approximate surface area is 89.1 Å². The van der Waals surface area contributed by atoms with Gasteiger partial charge in [0.15, 0.2) is 6.29 Å². The summed E-state index contributed by atoms with van der Waals surface area (Å²) < 4.78 is 5.53. The highest BCUT2D eigenvalue weighted by Gasteiger charge is 2.05. The van der Waals surface area contributed by atoms with Crippen molar-refractivity contribution in [2.45, 2.75) is 26.4 Å². The zero-order chi connectivity index (χ0) is 11.3. The Hall–Kier alpha value is -1.64. The van der Waals surface area contributed by atoms with Crippen LogP contribution in [-0.2, 0) is 4.79 Å². The van der Waals surface area contributed by atoms with E-state index < -0.39 is 5.78 Å². The van der Waals surface area contributed by atoms with Crippen molar-refractivity contribution in [1.82, 2.24) is 0 Å². The average molecular weight is 206 g/mol. The van der Waals surface area contributed by atoms with E-state index in [1.807, 2.05) is 13.8 Å². The first-order valence-corrected chi connectivity index (χ1v) is 4.93. The molecule has 15 heavy (non-hydrogen) atoms. The Morgan fingerprint density at radius 2 is 2.00 bits per heavy atom. The molecule has 0 aliphatic rings. The van der Waals surface area contributed by atoms with Crippen LogP contribution in [0.1, 0.15) is 30.6 Å². The van der Waals surface area contributed by atoms with E-state index in [0.717, 1.165) is 6.42 Å². The van der Waals surface area contributed by atoms with E-state index in [-0.39, 0.29) is 6.10 Å². The van der Waals surface area contributed by atoms with E-state index in [9.17, 15) is 9.59 Å². The van der Waals surface area contributed by atoms with Crippen LogP contribution in [0.15, 0.2) is 24.3 Å². The van der Waals surface area contributed by atoms with Gasteiger partial charge in [-0.15, -0.1) is 0 Å². The third kappa shape index (κ3) is 3.20. The molecule has 1 unspecified atom stereocenters. The number of hydrogen-bond donors (Lipinski definition) is 0. The average Bonchev–Trinajstić information content (AvgIpc) is 2.29. The van der Waals surface area contributed by atoms with Crippen LogP contribution in [-0.4, -0.2) is 18.2 Å². The van der Waals surface area contributed by atoms with Crippen molar-refractivity contribution in [1.29, 1.82) is 0 Å². The zero-order valence-electron chi connectivity index (χ0n) is 8.90. The molecule has 0 heterocycles. The second-order valence-corrected chi connectivity index (χ2v) is 3.34. The number of hydrogen-bond acceptors (Lipinski definition) is 3. The summed E-state index contributed by atoms with van der Waals surface area (Å²) in [5.74, 6) is 0.205. The predicted octanol–water partition coefficient (Wildman–Crippen LogP) is 2.25. The molecule has 0 aliphatic heterocycles. The molecule has 0 N–H and O–H groups in total. The van der Waals surface area contributed by atoms with Crippen LogP contribution in [0.2, 0.25) is 0 Å². The minimum atomic E-state index is -0.509. The van der Waals surface area contributed by atoms with E-state index in [0.29, 0.717) is 17.6 Å². The summed E-state index contributed by atoms with van der Waals surface area (Å²) >= 11 is 0. The molecule has 1 rings (SSSR count). The Balaban J connectivity index is 2.72. The van der Waals surface area contributed by atoms with Crippen molar-refractivity contribution < 1.29 is 14.3 Å². The number of aldehydes is 1. The number of carbonyl (C=O) groups excluding carboxylic acids is 2. The normalized spacial score (nSPS) is 11.9. The van der Waals surface area contributed by atoms with Crippen LogP contribution >= 0.6 is 0 Å². The molecule has 1 aromatic carbocycles. The molecule has 0 saturated carbocycles. The zero-order valence-corrected chi connectivity index (χ0v) is 8.90. The fourth-order valence-corrected chi connectivity index (χ4v) is 1.08. The fraction of sp³-hybridized carbons (Fsp3) is 0.333. The first-order valence-electron chi connectivity index (χ1n) is 4.93. The lowest BCUT2D eigenvalue weighted by atomic mass is 10.1. The lowest BCUT2D eigenvalue weighted by Gasteiger charge is -2.12. The van der Waals surface area contributed by atoms with Crippen LogP contribution in [0.5, 0.6) is 5.75 Å². The van der Waals surface area contributed by atoms with E-state index in [1.165, 1.54) is 0 Å². The van der Waals surface area contributed by atoms with Gasteiger partial charge in [-0.1, -0.05) is 6.92 Å². The monoisotopic (exact) mass is 206 g/mol. The molecule has 80 valence electrons. The fourth-order valence-electron chi connectivity index (χ4n) is 1.08. The number of ketones is 1. The molecular weight excluding hydrogens is 192 g/mol. The van der Waals surface area contributed by atoms with Gasteiger partial charge in [0.25, 0.3) is 0 Å². The molecule has 0 aromatic heterocycles. The van der Waals surface area contributed by atoms with Gasteiger partial charge < -0.3 is 4.74 Å². The summed E-state index contributed by atoms with van der Waals surface area (Å²) in [6.45, 7) is 4.01. The van der Waals surface area contributed by atoms with Gasteiger partial charge in [-0.25, -0.2) is 0 Å².